The van der Waals surface area contributed by atoms with Crippen LogP contribution >= 0.6 is 11.3 Å². The van der Waals surface area contributed by atoms with Gasteiger partial charge in [-0.15, -0.1) is 11.3 Å². The number of thiophene rings is 1. The van der Waals surface area contributed by atoms with Crippen molar-refractivity contribution in [2.45, 2.75) is 52.5 Å². The van der Waals surface area contributed by atoms with E-state index in [4.69, 9.17) is 4.74 Å². The van der Waals surface area contributed by atoms with E-state index in [1.165, 1.54) is 11.3 Å². The van der Waals surface area contributed by atoms with Crippen LogP contribution < -0.4 is 10.6 Å². The van der Waals surface area contributed by atoms with Crippen LogP contribution in [0.3, 0.4) is 0 Å². The van der Waals surface area contributed by atoms with Gasteiger partial charge < -0.3 is 15.4 Å². The Labute approximate surface area is 167 Å². The van der Waals surface area contributed by atoms with E-state index in [0.29, 0.717) is 17.0 Å². The number of hydrogen-bond acceptors (Lipinski definition) is 6. The molecule has 1 fully saturated rings. The van der Waals surface area contributed by atoms with E-state index in [1.807, 2.05) is 13.8 Å². The monoisotopic (exact) mass is 407 g/mol. The van der Waals surface area contributed by atoms with Crippen molar-refractivity contribution in [1.82, 2.24) is 10.2 Å². The quantitative estimate of drug-likeness (QED) is 0.533. The number of fused-ring (bicyclic) bond motifs is 1. The van der Waals surface area contributed by atoms with Crippen LogP contribution in [0.4, 0.5) is 9.80 Å². The third kappa shape index (κ3) is 4.04. The van der Waals surface area contributed by atoms with Gasteiger partial charge in [0.2, 0.25) is 5.91 Å². The average molecular weight is 407 g/mol. The molecule has 1 saturated heterocycles. The lowest BCUT2D eigenvalue weighted by Gasteiger charge is -2.14. The molecule has 1 aromatic rings. The zero-order valence-corrected chi connectivity index (χ0v) is 17.1. The van der Waals surface area contributed by atoms with Gasteiger partial charge in [0, 0.05) is 4.88 Å². The Bertz CT molecular complexity index is 817. The molecule has 152 valence electrons. The summed E-state index contributed by atoms with van der Waals surface area (Å²) in [5, 5.41) is 5.76. The zero-order valence-electron chi connectivity index (χ0n) is 16.3. The van der Waals surface area contributed by atoms with Gasteiger partial charge in [0.1, 0.15) is 17.6 Å². The fraction of sp³-hybridized carbons (Fsp3) is 0.579. The lowest BCUT2D eigenvalue weighted by Crippen LogP contribution is -2.38. The van der Waals surface area contributed by atoms with Gasteiger partial charge in [-0.05, 0) is 44.1 Å². The number of carbonyl (C=O) groups is 4. The first-order chi connectivity index (χ1) is 13.3. The highest BCUT2D eigenvalue weighted by Gasteiger charge is 2.39. The van der Waals surface area contributed by atoms with Crippen molar-refractivity contribution in [2.75, 3.05) is 18.5 Å². The fourth-order valence-electron chi connectivity index (χ4n) is 3.58. The molecule has 0 radical (unpaired) electrons. The number of nitrogens with zero attached hydrogens (tertiary/aromatic N) is 1. The molecular formula is C19H25N3O5S. The summed E-state index contributed by atoms with van der Waals surface area (Å²) in [7, 11) is 0. The Morgan fingerprint density at radius 2 is 2.07 bits per heavy atom. The number of ether oxygens (including phenoxy) is 1. The number of imide groups is 1. The maximum Gasteiger partial charge on any atom is 0.341 e. The molecule has 1 aliphatic heterocycles. The maximum absolute atomic E-state index is 12.5. The number of aryl methyl sites for hydroxylation is 1. The summed E-state index contributed by atoms with van der Waals surface area (Å²) in [6, 6.07) is -1.16. The predicted molar refractivity (Wildman–Crippen MR) is 104 cm³/mol. The summed E-state index contributed by atoms with van der Waals surface area (Å²) in [5.74, 6) is -1.12. The second-order valence-corrected chi connectivity index (χ2v) is 8.49. The summed E-state index contributed by atoms with van der Waals surface area (Å²) in [4.78, 5) is 51.4. The Kier molecular flexibility index (Phi) is 6.02. The number of nitrogens with one attached hydrogen (secondary N) is 2. The molecular weight excluding hydrogens is 382 g/mol. The first-order valence-corrected chi connectivity index (χ1v) is 10.4. The summed E-state index contributed by atoms with van der Waals surface area (Å²) in [6.45, 7) is 5.51. The van der Waals surface area contributed by atoms with Gasteiger partial charge in [-0.3, -0.25) is 14.5 Å². The number of amides is 4. The van der Waals surface area contributed by atoms with E-state index >= 15 is 0 Å². The Morgan fingerprint density at radius 3 is 2.75 bits per heavy atom. The number of rotatable bonds is 7. The van der Waals surface area contributed by atoms with Crippen LogP contribution in [0.5, 0.6) is 0 Å². The first kappa shape index (κ1) is 20.3. The smallest absolute Gasteiger partial charge is 0.341 e. The van der Waals surface area contributed by atoms with E-state index < -0.39 is 29.9 Å². The topological polar surface area (TPSA) is 105 Å². The van der Waals surface area contributed by atoms with Crippen LogP contribution in [-0.2, 0) is 27.2 Å². The van der Waals surface area contributed by atoms with E-state index in [-0.39, 0.29) is 19.1 Å². The van der Waals surface area contributed by atoms with Gasteiger partial charge in [-0.2, -0.15) is 0 Å². The van der Waals surface area contributed by atoms with Crippen LogP contribution in [0.15, 0.2) is 0 Å². The van der Waals surface area contributed by atoms with Crippen LogP contribution in [0.2, 0.25) is 0 Å². The van der Waals surface area contributed by atoms with Crippen molar-refractivity contribution in [1.29, 1.82) is 0 Å². The van der Waals surface area contributed by atoms with Gasteiger partial charge >= 0.3 is 12.0 Å². The summed E-state index contributed by atoms with van der Waals surface area (Å²) < 4.78 is 5.14. The second-order valence-electron chi connectivity index (χ2n) is 7.39. The maximum atomic E-state index is 12.5. The molecule has 8 nitrogen and oxygen atoms in total. The standard InChI is InChI=1S/C19H25N3O5S/c1-4-27-18(25)15-11-6-5-7-13(11)28-16(15)21-14(23)9-22-17(24)12(8-10(2)3)20-19(22)26/h10,12H,4-9H2,1-3H3,(H,20,26)(H,21,23)/t12-/m1/s1. The van der Waals surface area contributed by atoms with Gasteiger partial charge in [-0.25, -0.2) is 9.59 Å². The van der Waals surface area contributed by atoms with E-state index in [0.717, 1.165) is 34.6 Å². The second kappa shape index (κ2) is 8.30. The molecule has 1 aromatic heterocycles. The summed E-state index contributed by atoms with van der Waals surface area (Å²) in [6.07, 6.45) is 3.14. The molecule has 2 aliphatic rings. The van der Waals surface area contributed by atoms with Crippen molar-refractivity contribution in [2.24, 2.45) is 5.92 Å². The first-order valence-electron chi connectivity index (χ1n) is 9.55. The molecule has 2 heterocycles. The number of esters is 1. The van der Waals surface area contributed by atoms with Crippen LogP contribution in [0.25, 0.3) is 0 Å². The number of hydrogen-bond donors (Lipinski definition) is 2. The highest BCUT2D eigenvalue weighted by atomic mass is 32.1. The van der Waals surface area contributed by atoms with Crippen molar-refractivity contribution < 1.29 is 23.9 Å². The zero-order chi connectivity index (χ0) is 20.4. The van der Waals surface area contributed by atoms with E-state index in [1.54, 1.807) is 6.92 Å². The molecule has 0 aromatic carbocycles. The predicted octanol–water partition coefficient (Wildman–Crippen LogP) is 2.32. The lowest BCUT2D eigenvalue weighted by atomic mass is 10.0. The SMILES string of the molecule is CCOC(=O)c1c(NC(=O)CN2C(=O)N[C@H](CC(C)C)C2=O)sc2c1CCC2. The van der Waals surface area contributed by atoms with Crippen molar-refractivity contribution in [3.8, 4) is 0 Å². The minimum Gasteiger partial charge on any atom is -0.462 e. The van der Waals surface area contributed by atoms with Crippen LogP contribution in [-0.4, -0.2) is 47.9 Å². The van der Waals surface area contributed by atoms with Crippen LogP contribution in [0.1, 0.15) is 54.4 Å². The Balaban J connectivity index is 1.71. The number of urea groups is 1. The molecule has 1 aliphatic carbocycles. The Hall–Kier alpha value is -2.42. The molecule has 0 saturated carbocycles. The minimum atomic E-state index is -0.596. The fourth-order valence-corrected chi connectivity index (χ4v) is 4.87. The molecule has 9 heteroatoms. The molecule has 0 bridgehead atoms. The summed E-state index contributed by atoms with van der Waals surface area (Å²) in [5.41, 5.74) is 1.34. The normalized spacial score (nSPS) is 18.4. The largest absolute Gasteiger partial charge is 0.462 e. The van der Waals surface area contributed by atoms with E-state index in [9.17, 15) is 19.2 Å². The molecule has 1 atom stereocenters. The number of anilines is 1. The van der Waals surface area contributed by atoms with Crippen molar-refractivity contribution in [3.05, 3.63) is 16.0 Å². The van der Waals surface area contributed by atoms with Gasteiger partial charge in [-0.1, -0.05) is 13.8 Å². The highest BCUT2D eigenvalue weighted by molar-refractivity contribution is 7.17. The molecule has 0 spiro atoms. The van der Waals surface area contributed by atoms with E-state index in [2.05, 4.69) is 10.6 Å². The molecule has 28 heavy (non-hydrogen) atoms. The molecule has 3 rings (SSSR count). The number of carbonyl (C=O) groups excluding carboxylic acids is 4. The molecule has 4 amide bonds. The summed E-state index contributed by atoms with van der Waals surface area (Å²) >= 11 is 1.36. The van der Waals surface area contributed by atoms with Gasteiger partial charge in [0.05, 0.1) is 12.2 Å². The molecule has 0 unspecified atom stereocenters. The van der Waals surface area contributed by atoms with Crippen molar-refractivity contribution >= 4 is 40.2 Å². The highest BCUT2D eigenvalue weighted by Crippen LogP contribution is 2.39. The Morgan fingerprint density at radius 1 is 1.32 bits per heavy atom. The lowest BCUT2D eigenvalue weighted by molar-refractivity contribution is -0.131. The van der Waals surface area contributed by atoms with Crippen LogP contribution in [0, 0.1) is 5.92 Å². The van der Waals surface area contributed by atoms with Gasteiger partial charge in [0.25, 0.3) is 5.91 Å². The van der Waals surface area contributed by atoms with Gasteiger partial charge in [0.15, 0.2) is 0 Å². The minimum absolute atomic E-state index is 0.240. The average Bonchev–Trinajstić information content (AvgIpc) is 3.24. The molecule has 2 N–H and O–H groups in total. The third-order valence-electron chi connectivity index (χ3n) is 4.77. The third-order valence-corrected chi connectivity index (χ3v) is 5.98. The van der Waals surface area contributed by atoms with Crippen molar-refractivity contribution in [3.63, 3.8) is 0 Å².